The molecule has 0 unspecified atom stereocenters. The van der Waals surface area contributed by atoms with Crippen molar-refractivity contribution in [1.82, 2.24) is 0 Å². The molecule has 0 aromatic heterocycles. The Morgan fingerprint density at radius 2 is 1.00 bits per heavy atom. The van der Waals surface area contributed by atoms with Gasteiger partial charge >= 0.3 is 0 Å². The second-order valence-corrected chi connectivity index (χ2v) is 2.12. The Labute approximate surface area is 60.0 Å². The fraction of sp³-hybridized carbons (Fsp3) is 0.778. The molecule has 0 spiro atoms. The van der Waals surface area contributed by atoms with Crippen LogP contribution in [-0.4, -0.2) is 0 Å². The van der Waals surface area contributed by atoms with Crippen LogP contribution in [0.5, 0.6) is 0 Å². The highest BCUT2D eigenvalue weighted by molar-refractivity contribution is 4.50. The van der Waals surface area contributed by atoms with Crippen molar-refractivity contribution in [3.05, 3.63) is 13.2 Å². The van der Waals surface area contributed by atoms with E-state index in [1.807, 2.05) is 0 Å². The van der Waals surface area contributed by atoms with Gasteiger partial charge in [-0.25, -0.2) is 0 Å². The molecule has 0 bridgehead atoms. The lowest BCUT2D eigenvalue weighted by atomic mass is 10.0. The molecule has 0 heteroatoms. The average Bonchev–Trinajstić information content (AvgIpc) is 1.68. The number of rotatable bonds is 0. The number of hydrogen-bond acceptors (Lipinski definition) is 0. The van der Waals surface area contributed by atoms with E-state index in [1.54, 1.807) is 0 Å². The molecule has 1 aliphatic carbocycles. The van der Waals surface area contributed by atoms with Crippen LogP contribution in [0.1, 0.15) is 46.0 Å². The Bertz CT molecular complexity index is 23.0. The van der Waals surface area contributed by atoms with E-state index in [0.717, 1.165) is 0 Å². The van der Waals surface area contributed by atoms with Crippen LogP contribution in [0.15, 0.2) is 13.2 Å². The lowest BCUT2D eigenvalue weighted by Gasteiger charge is -2.05. The largest absolute Gasteiger partial charge is 0.106 e. The summed E-state index contributed by atoms with van der Waals surface area (Å²) in [4.78, 5) is 0. The first-order valence-electron chi connectivity index (χ1n) is 3.91. The van der Waals surface area contributed by atoms with Crippen molar-refractivity contribution in [2.45, 2.75) is 46.0 Å². The highest BCUT2D eigenvalue weighted by atomic mass is 14.0. The van der Waals surface area contributed by atoms with Gasteiger partial charge in [0.1, 0.15) is 0 Å². The normalized spacial score (nSPS) is 13.1. The van der Waals surface area contributed by atoms with E-state index < -0.39 is 0 Å². The smallest absolute Gasteiger partial charge is 0.0533 e. The summed E-state index contributed by atoms with van der Waals surface area (Å²) < 4.78 is 0. The van der Waals surface area contributed by atoms with Gasteiger partial charge in [-0.1, -0.05) is 46.0 Å². The van der Waals surface area contributed by atoms with Crippen LogP contribution in [0.25, 0.3) is 0 Å². The molecule has 0 heterocycles. The topological polar surface area (TPSA) is 0 Å². The van der Waals surface area contributed by atoms with Gasteiger partial charge in [-0.2, -0.15) is 0 Å². The van der Waals surface area contributed by atoms with Crippen molar-refractivity contribution in [3.63, 3.8) is 0 Å². The molecular formula is C9H20. The van der Waals surface area contributed by atoms with E-state index in [9.17, 15) is 0 Å². The summed E-state index contributed by atoms with van der Waals surface area (Å²) in [5.74, 6) is 0. The molecule has 9 heavy (non-hydrogen) atoms. The monoisotopic (exact) mass is 128 g/mol. The lowest BCUT2D eigenvalue weighted by Crippen LogP contribution is -1.85. The SMILES string of the molecule is C1CCC1.C=C.CCC. The summed E-state index contributed by atoms with van der Waals surface area (Å²) in [5, 5.41) is 0. The van der Waals surface area contributed by atoms with Gasteiger partial charge in [0.15, 0.2) is 0 Å². The van der Waals surface area contributed by atoms with Crippen molar-refractivity contribution < 1.29 is 0 Å². The molecule has 0 atom stereocenters. The van der Waals surface area contributed by atoms with E-state index in [-0.39, 0.29) is 0 Å². The Morgan fingerprint density at radius 1 is 0.889 bits per heavy atom. The summed E-state index contributed by atoms with van der Waals surface area (Å²) in [6.07, 6.45) is 7.25. The molecular weight excluding hydrogens is 108 g/mol. The predicted molar refractivity (Wildman–Crippen MR) is 45.7 cm³/mol. The Morgan fingerprint density at radius 3 is 1.00 bits per heavy atom. The molecule has 0 aromatic rings. The van der Waals surface area contributed by atoms with Crippen LogP contribution in [0.2, 0.25) is 0 Å². The third-order valence-corrected chi connectivity index (χ3v) is 1.000. The molecule has 0 aromatic carbocycles. The van der Waals surface area contributed by atoms with Gasteiger partial charge < -0.3 is 0 Å². The summed E-state index contributed by atoms with van der Waals surface area (Å²) in [7, 11) is 0. The van der Waals surface area contributed by atoms with Gasteiger partial charge in [0.2, 0.25) is 0 Å². The predicted octanol–water partition coefficient (Wildman–Crippen LogP) is 3.78. The molecule has 0 nitrogen and oxygen atoms in total. The Hall–Kier alpha value is -0.260. The summed E-state index contributed by atoms with van der Waals surface area (Å²) in [6.45, 7) is 10.2. The van der Waals surface area contributed by atoms with Gasteiger partial charge in [0, 0.05) is 0 Å². The van der Waals surface area contributed by atoms with Crippen LogP contribution in [0, 0.1) is 0 Å². The minimum atomic E-state index is 1.25. The zero-order valence-electron chi connectivity index (χ0n) is 6.95. The highest BCUT2D eigenvalue weighted by Gasteiger charge is 1.95. The van der Waals surface area contributed by atoms with Crippen molar-refractivity contribution in [1.29, 1.82) is 0 Å². The van der Waals surface area contributed by atoms with Crippen LogP contribution >= 0.6 is 0 Å². The molecule has 1 rings (SSSR count). The molecule has 0 N–H and O–H groups in total. The van der Waals surface area contributed by atoms with Gasteiger partial charge in [-0.3, -0.25) is 0 Å². The third kappa shape index (κ3) is 18.2. The molecule has 0 radical (unpaired) electrons. The second-order valence-electron chi connectivity index (χ2n) is 2.12. The zero-order chi connectivity index (χ0) is 7.54. The molecule has 56 valence electrons. The van der Waals surface area contributed by atoms with Crippen molar-refractivity contribution >= 4 is 0 Å². The van der Waals surface area contributed by atoms with E-state index in [1.165, 1.54) is 32.1 Å². The average molecular weight is 128 g/mol. The van der Waals surface area contributed by atoms with Crippen molar-refractivity contribution in [3.8, 4) is 0 Å². The van der Waals surface area contributed by atoms with Gasteiger partial charge in [0.25, 0.3) is 0 Å². The maximum absolute atomic E-state index is 3.00. The van der Waals surface area contributed by atoms with E-state index in [0.29, 0.717) is 0 Å². The number of hydrogen-bond donors (Lipinski definition) is 0. The Kier molecular flexibility index (Phi) is 20.0. The van der Waals surface area contributed by atoms with E-state index in [2.05, 4.69) is 27.0 Å². The van der Waals surface area contributed by atoms with E-state index in [4.69, 9.17) is 0 Å². The molecule has 1 fully saturated rings. The van der Waals surface area contributed by atoms with Gasteiger partial charge in [-0.05, 0) is 0 Å². The van der Waals surface area contributed by atoms with E-state index >= 15 is 0 Å². The van der Waals surface area contributed by atoms with Crippen LogP contribution < -0.4 is 0 Å². The van der Waals surface area contributed by atoms with Gasteiger partial charge in [-0.15, -0.1) is 13.2 Å². The minimum Gasteiger partial charge on any atom is -0.106 e. The molecule has 0 aliphatic heterocycles. The molecule has 0 saturated heterocycles. The minimum absolute atomic E-state index is 1.25. The molecule has 1 saturated carbocycles. The van der Waals surface area contributed by atoms with Crippen molar-refractivity contribution in [2.24, 2.45) is 0 Å². The zero-order valence-corrected chi connectivity index (χ0v) is 6.95. The maximum Gasteiger partial charge on any atom is -0.0533 e. The first-order chi connectivity index (χ1) is 4.41. The molecule has 0 amide bonds. The Balaban J connectivity index is 0. The second kappa shape index (κ2) is 15.6. The third-order valence-electron chi connectivity index (χ3n) is 1.000. The fourth-order valence-corrected chi connectivity index (χ4v) is 0.250. The summed E-state index contributed by atoms with van der Waals surface area (Å²) in [5.41, 5.74) is 0. The first-order valence-corrected chi connectivity index (χ1v) is 3.91. The standard InChI is InChI=1S/C4H8.C3H8.C2H4/c1-2-4-3-1;1-3-2;1-2/h1-4H2;3H2,1-2H3;1-2H2. The maximum atomic E-state index is 3.00. The summed E-state index contributed by atoms with van der Waals surface area (Å²) in [6, 6.07) is 0. The quantitative estimate of drug-likeness (QED) is 0.435. The van der Waals surface area contributed by atoms with Crippen LogP contribution in [0.4, 0.5) is 0 Å². The highest BCUT2D eigenvalue weighted by Crippen LogP contribution is 2.15. The van der Waals surface area contributed by atoms with Crippen LogP contribution in [-0.2, 0) is 0 Å². The first kappa shape index (κ1) is 11.5. The fourth-order valence-electron chi connectivity index (χ4n) is 0.250. The van der Waals surface area contributed by atoms with Crippen LogP contribution in [0.3, 0.4) is 0 Å². The molecule has 1 aliphatic rings. The van der Waals surface area contributed by atoms with Crippen molar-refractivity contribution in [2.75, 3.05) is 0 Å². The summed E-state index contributed by atoms with van der Waals surface area (Å²) >= 11 is 0. The van der Waals surface area contributed by atoms with Gasteiger partial charge in [0.05, 0.1) is 0 Å². The lowest BCUT2D eigenvalue weighted by molar-refractivity contribution is 0.504.